The van der Waals surface area contributed by atoms with E-state index in [9.17, 15) is 9.90 Å². The van der Waals surface area contributed by atoms with E-state index in [2.05, 4.69) is 0 Å². The molecule has 5 heteroatoms. The van der Waals surface area contributed by atoms with Crippen LogP contribution in [0, 0.1) is 11.3 Å². The second-order valence-corrected chi connectivity index (χ2v) is 3.54. The Bertz CT molecular complexity index is 638. The van der Waals surface area contributed by atoms with Crippen molar-refractivity contribution in [1.82, 2.24) is 4.57 Å². The van der Waals surface area contributed by atoms with Crippen LogP contribution in [0.2, 0.25) is 0 Å². The zero-order chi connectivity index (χ0) is 13.1. The van der Waals surface area contributed by atoms with E-state index in [1.165, 1.54) is 17.7 Å². The molecule has 18 heavy (non-hydrogen) atoms. The summed E-state index contributed by atoms with van der Waals surface area (Å²) in [5.74, 6) is -0.609. The maximum atomic E-state index is 11.2. The van der Waals surface area contributed by atoms with Crippen molar-refractivity contribution in [2.45, 2.75) is 0 Å². The number of hydrogen-bond acceptors (Lipinski definition) is 3. The molecule has 1 aromatic heterocycles. The van der Waals surface area contributed by atoms with Gasteiger partial charge in [-0.05, 0) is 18.2 Å². The summed E-state index contributed by atoms with van der Waals surface area (Å²) in [6.07, 6.45) is 1.54. The van der Waals surface area contributed by atoms with Crippen LogP contribution in [0.1, 0.15) is 16.1 Å². The predicted molar refractivity (Wildman–Crippen MR) is 64.0 cm³/mol. The molecule has 0 radical (unpaired) electrons. The van der Waals surface area contributed by atoms with Crippen molar-refractivity contribution in [3.63, 3.8) is 0 Å². The van der Waals surface area contributed by atoms with Gasteiger partial charge >= 0.3 is 5.97 Å². The van der Waals surface area contributed by atoms with Crippen LogP contribution in [0.4, 0.5) is 0 Å². The van der Waals surface area contributed by atoms with Gasteiger partial charge in [-0.15, -0.1) is 0 Å². The topological polar surface area (TPSA) is 75.2 Å². The van der Waals surface area contributed by atoms with E-state index in [1.807, 2.05) is 6.07 Å². The van der Waals surface area contributed by atoms with Crippen molar-refractivity contribution in [2.75, 3.05) is 7.11 Å². The van der Waals surface area contributed by atoms with Crippen LogP contribution < -0.4 is 4.74 Å². The Hall–Kier alpha value is -2.74. The number of benzene rings is 1. The van der Waals surface area contributed by atoms with Gasteiger partial charge < -0.3 is 14.4 Å². The summed E-state index contributed by atoms with van der Waals surface area (Å²) >= 11 is 0. The standard InChI is InChI=1S/C13H10N2O3/c1-18-11-5-3-2-4-10(11)15-7-6-9(8-14)12(15)13(16)17/h2-7H,1H3,(H,16,17). The van der Waals surface area contributed by atoms with Gasteiger partial charge in [0.25, 0.3) is 0 Å². The summed E-state index contributed by atoms with van der Waals surface area (Å²) in [5, 5.41) is 18.1. The Balaban J connectivity index is 2.69. The van der Waals surface area contributed by atoms with Crippen molar-refractivity contribution in [1.29, 1.82) is 5.26 Å². The molecule has 1 N–H and O–H groups in total. The molecule has 0 aliphatic heterocycles. The Labute approximate surface area is 103 Å². The average molecular weight is 242 g/mol. The van der Waals surface area contributed by atoms with Crippen molar-refractivity contribution >= 4 is 5.97 Å². The molecule has 0 amide bonds. The van der Waals surface area contributed by atoms with Crippen LogP contribution in [-0.4, -0.2) is 22.8 Å². The molecule has 0 aliphatic rings. The van der Waals surface area contributed by atoms with E-state index < -0.39 is 5.97 Å². The monoisotopic (exact) mass is 242 g/mol. The molecule has 0 bridgehead atoms. The predicted octanol–water partition coefficient (Wildman–Crippen LogP) is 2.06. The molecule has 0 saturated heterocycles. The number of ether oxygens (including phenoxy) is 1. The smallest absolute Gasteiger partial charge is 0.354 e. The molecular formula is C13H10N2O3. The zero-order valence-corrected chi connectivity index (χ0v) is 9.62. The fraction of sp³-hybridized carbons (Fsp3) is 0.0769. The van der Waals surface area contributed by atoms with E-state index in [1.54, 1.807) is 30.5 Å². The van der Waals surface area contributed by atoms with Crippen LogP contribution >= 0.6 is 0 Å². The highest BCUT2D eigenvalue weighted by Crippen LogP contribution is 2.25. The van der Waals surface area contributed by atoms with Crippen molar-refractivity contribution in [3.8, 4) is 17.5 Å². The number of carboxylic acid groups (broad SMARTS) is 1. The third-order valence-electron chi connectivity index (χ3n) is 2.55. The minimum atomic E-state index is -1.15. The maximum absolute atomic E-state index is 11.2. The lowest BCUT2D eigenvalue weighted by Gasteiger charge is -2.11. The first-order valence-corrected chi connectivity index (χ1v) is 5.17. The summed E-state index contributed by atoms with van der Waals surface area (Å²) in [7, 11) is 1.51. The third kappa shape index (κ3) is 1.80. The second kappa shape index (κ2) is 4.63. The molecular weight excluding hydrogens is 232 g/mol. The van der Waals surface area contributed by atoms with Crippen molar-refractivity contribution < 1.29 is 14.6 Å². The maximum Gasteiger partial charge on any atom is 0.354 e. The van der Waals surface area contributed by atoms with Gasteiger partial charge in [0.2, 0.25) is 0 Å². The number of nitriles is 1. The van der Waals surface area contributed by atoms with Gasteiger partial charge in [0.15, 0.2) is 0 Å². The number of carboxylic acids is 1. The molecule has 1 aromatic carbocycles. The first-order valence-electron chi connectivity index (χ1n) is 5.17. The second-order valence-electron chi connectivity index (χ2n) is 3.54. The largest absolute Gasteiger partial charge is 0.495 e. The number of nitrogens with zero attached hydrogens (tertiary/aromatic N) is 2. The van der Waals surface area contributed by atoms with Crippen molar-refractivity contribution in [3.05, 3.63) is 47.8 Å². The Morgan fingerprint density at radius 3 is 2.72 bits per heavy atom. The zero-order valence-electron chi connectivity index (χ0n) is 9.62. The quantitative estimate of drug-likeness (QED) is 0.893. The summed E-state index contributed by atoms with van der Waals surface area (Å²) < 4.78 is 6.61. The molecule has 90 valence electrons. The average Bonchev–Trinajstić information content (AvgIpc) is 2.82. The molecule has 0 fully saturated rings. The summed E-state index contributed by atoms with van der Waals surface area (Å²) in [6, 6.07) is 10.4. The molecule has 0 unspecified atom stereocenters. The fourth-order valence-corrected chi connectivity index (χ4v) is 1.77. The van der Waals surface area contributed by atoms with Crippen LogP contribution in [-0.2, 0) is 0 Å². The van der Waals surface area contributed by atoms with Gasteiger partial charge in [-0.1, -0.05) is 12.1 Å². The van der Waals surface area contributed by atoms with Crippen molar-refractivity contribution in [2.24, 2.45) is 0 Å². The first-order chi connectivity index (χ1) is 8.69. The normalized spacial score (nSPS) is 9.78. The summed E-state index contributed by atoms with van der Waals surface area (Å²) in [5.41, 5.74) is 0.634. The summed E-state index contributed by atoms with van der Waals surface area (Å²) in [6.45, 7) is 0. The van der Waals surface area contributed by atoms with E-state index in [4.69, 9.17) is 10.00 Å². The van der Waals surface area contributed by atoms with E-state index in [0.29, 0.717) is 11.4 Å². The molecule has 2 aromatic rings. The van der Waals surface area contributed by atoms with Gasteiger partial charge in [0.05, 0.1) is 18.4 Å². The SMILES string of the molecule is COc1ccccc1-n1ccc(C#N)c1C(=O)O. The molecule has 0 saturated carbocycles. The Morgan fingerprint density at radius 2 is 2.11 bits per heavy atom. The summed E-state index contributed by atoms with van der Waals surface area (Å²) in [4.78, 5) is 11.2. The van der Waals surface area contributed by atoms with Crippen LogP contribution in [0.5, 0.6) is 5.75 Å². The molecule has 0 aliphatic carbocycles. The number of hydrogen-bond donors (Lipinski definition) is 1. The highest BCUT2D eigenvalue weighted by atomic mass is 16.5. The van der Waals surface area contributed by atoms with Crippen LogP contribution in [0.3, 0.4) is 0 Å². The highest BCUT2D eigenvalue weighted by Gasteiger charge is 2.18. The number of methoxy groups -OCH3 is 1. The first kappa shape index (κ1) is 11.7. The molecule has 1 heterocycles. The minimum absolute atomic E-state index is 0.0676. The van der Waals surface area contributed by atoms with E-state index in [-0.39, 0.29) is 11.3 Å². The Morgan fingerprint density at radius 1 is 1.39 bits per heavy atom. The minimum Gasteiger partial charge on any atom is -0.495 e. The van der Waals surface area contributed by atoms with Gasteiger partial charge in [-0.3, -0.25) is 0 Å². The molecule has 2 rings (SSSR count). The molecule has 0 spiro atoms. The van der Waals surface area contributed by atoms with Crippen LogP contribution in [0.15, 0.2) is 36.5 Å². The number of aromatic nitrogens is 1. The van der Waals surface area contributed by atoms with Gasteiger partial charge in [-0.2, -0.15) is 5.26 Å². The Kier molecular flexibility index (Phi) is 3.02. The van der Waals surface area contributed by atoms with E-state index >= 15 is 0 Å². The van der Waals surface area contributed by atoms with Gasteiger partial charge in [0, 0.05) is 6.20 Å². The van der Waals surface area contributed by atoms with E-state index in [0.717, 1.165) is 0 Å². The lowest BCUT2D eigenvalue weighted by atomic mass is 10.2. The molecule has 0 atom stereocenters. The fourth-order valence-electron chi connectivity index (χ4n) is 1.77. The van der Waals surface area contributed by atoms with Gasteiger partial charge in [0.1, 0.15) is 17.5 Å². The van der Waals surface area contributed by atoms with Gasteiger partial charge in [-0.25, -0.2) is 4.79 Å². The number of carbonyl (C=O) groups is 1. The number of aromatic carboxylic acids is 1. The third-order valence-corrected chi connectivity index (χ3v) is 2.55. The number of rotatable bonds is 3. The highest BCUT2D eigenvalue weighted by molar-refractivity contribution is 5.90. The lowest BCUT2D eigenvalue weighted by Crippen LogP contribution is -2.08. The van der Waals surface area contributed by atoms with Crippen LogP contribution in [0.25, 0.3) is 5.69 Å². The number of para-hydroxylation sites is 2. The molecule has 5 nitrogen and oxygen atoms in total. The lowest BCUT2D eigenvalue weighted by molar-refractivity contribution is 0.0688.